The lowest BCUT2D eigenvalue weighted by Gasteiger charge is -2.22. The highest BCUT2D eigenvalue weighted by atomic mass is 35.5. The lowest BCUT2D eigenvalue weighted by Crippen LogP contribution is -2.43. The number of hydrogen-bond acceptors (Lipinski definition) is 6. The summed E-state index contributed by atoms with van der Waals surface area (Å²) in [6.07, 6.45) is 0. The molecule has 0 aromatic carbocycles. The van der Waals surface area contributed by atoms with Crippen molar-refractivity contribution in [2.75, 3.05) is 19.7 Å². The Hall–Kier alpha value is -0.760. The zero-order valence-corrected chi connectivity index (χ0v) is 14.2. The monoisotopic (exact) mass is 334 g/mol. The molecule has 0 spiro atoms. The second-order valence-electron chi connectivity index (χ2n) is 5.72. The van der Waals surface area contributed by atoms with Crippen LogP contribution in [-0.2, 0) is 11.3 Å². The molecule has 0 bridgehead atoms. The quantitative estimate of drug-likeness (QED) is 0.834. The molecule has 1 aromatic rings. The molecule has 1 aliphatic heterocycles. The Morgan fingerprint density at radius 3 is 2.76 bits per heavy atom. The van der Waals surface area contributed by atoms with Crippen molar-refractivity contribution in [2.45, 2.75) is 33.4 Å². The average molecular weight is 335 g/mol. The molecule has 1 amide bonds. The number of rotatable bonds is 5. The molecule has 1 saturated heterocycles. The number of aromatic nitrogens is 2. The largest absolute Gasteiger partial charge is 0.387 e. The van der Waals surface area contributed by atoms with Crippen LogP contribution in [0.1, 0.15) is 24.4 Å². The molecule has 2 rings (SSSR count). The van der Waals surface area contributed by atoms with E-state index in [1.165, 1.54) is 16.4 Å². The smallest absolute Gasteiger partial charge is 0.245 e. The Labute approximate surface area is 135 Å². The molecule has 120 valence electrons. The summed E-state index contributed by atoms with van der Waals surface area (Å²) in [6, 6.07) is 0.107. The van der Waals surface area contributed by atoms with Gasteiger partial charge in [-0.3, -0.25) is 9.69 Å². The van der Waals surface area contributed by atoms with E-state index in [0.29, 0.717) is 11.8 Å². The lowest BCUT2D eigenvalue weighted by atomic mass is 9.91. The van der Waals surface area contributed by atoms with E-state index in [1.807, 2.05) is 6.92 Å². The number of aryl methyl sites for hydroxylation is 1. The Morgan fingerprint density at radius 2 is 2.24 bits per heavy atom. The predicted molar refractivity (Wildman–Crippen MR) is 84.5 cm³/mol. The molecule has 0 radical (unpaired) electrons. The minimum absolute atomic E-state index is 0. The van der Waals surface area contributed by atoms with Gasteiger partial charge >= 0.3 is 0 Å². The molecule has 2 atom stereocenters. The highest BCUT2D eigenvalue weighted by Gasteiger charge is 2.35. The van der Waals surface area contributed by atoms with Crippen molar-refractivity contribution in [1.29, 1.82) is 0 Å². The second kappa shape index (κ2) is 8.03. The average Bonchev–Trinajstić information content (AvgIpc) is 2.97. The third-order valence-electron chi connectivity index (χ3n) is 3.90. The molecule has 1 aromatic heterocycles. The van der Waals surface area contributed by atoms with Crippen molar-refractivity contribution in [1.82, 2.24) is 19.8 Å². The van der Waals surface area contributed by atoms with E-state index >= 15 is 0 Å². The summed E-state index contributed by atoms with van der Waals surface area (Å²) < 4.78 is 3.96. The first-order valence-corrected chi connectivity index (χ1v) is 7.69. The fourth-order valence-corrected chi connectivity index (χ4v) is 3.40. The van der Waals surface area contributed by atoms with Gasteiger partial charge in [0.1, 0.15) is 6.61 Å². The highest BCUT2D eigenvalue weighted by molar-refractivity contribution is 7.05. The maximum absolute atomic E-state index is 11.4. The number of nitrogens with one attached hydrogen (secondary N) is 1. The molecule has 2 N–H and O–H groups in total. The number of hydrogen-bond donors (Lipinski definition) is 2. The van der Waals surface area contributed by atoms with Crippen molar-refractivity contribution in [3.63, 3.8) is 0 Å². The standard InChI is InChI=1S/C13H22N4O2S.ClH/c1-8(2)10-4-17(5-11(10)14-13(19)7-18)6-12-9(3)15-16-20-12;/h8,10-11,18H,4-7H2,1-3H3,(H,14,19);1H/t10-,11+;/m1./s1. The van der Waals surface area contributed by atoms with Crippen LogP contribution in [0.4, 0.5) is 0 Å². The van der Waals surface area contributed by atoms with Crippen LogP contribution in [0, 0.1) is 18.8 Å². The van der Waals surface area contributed by atoms with Gasteiger partial charge in [-0.25, -0.2) is 0 Å². The number of halogens is 1. The fraction of sp³-hybridized carbons (Fsp3) is 0.769. The molecule has 0 saturated carbocycles. The maximum atomic E-state index is 11.4. The maximum Gasteiger partial charge on any atom is 0.245 e. The molecular formula is C13H23ClN4O2S. The summed E-state index contributed by atoms with van der Waals surface area (Å²) in [7, 11) is 0. The summed E-state index contributed by atoms with van der Waals surface area (Å²) in [5, 5.41) is 15.8. The van der Waals surface area contributed by atoms with Crippen LogP contribution < -0.4 is 5.32 Å². The minimum Gasteiger partial charge on any atom is -0.387 e. The first-order valence-electron chi connectivity index (χ1n) is 6.91. The van der Waals surface area contributed by atoms with Crippen LogP contribution in [0.5, 0.6) is 0 Å². The van der Waals surface area contributed by atoms with Gasteiger partial charge in [0.25, 0.3) is 0 Å². The van der Waals surface area contributed by atoms with E-state index < -0.39 is 6.61 Å². The van der Waals surface area contributed by atoms with Crippen LogP contribution in [0.15, 0.2) is 0 Å². The predicted octanol–water partition coefficient (Wildman–Crippen LogP) is 0.833. The van der Waals surface area contributed by atoms with E-state index in [2.05, 4.69) is 33.7 Å². The van der Waals surface area contributed by atoms with Gasteiger partial charge in [-0.05, 0) is 30.3 Å². The summed E-state index contributed by atoms with van der Waals surface area (Å²) >= 11 is 1.44. The van der Waals surface area contributed by atoms with Crippen LogP contribution in [0.25, 0.3) is 0 Å². The molecule has 6 nitrogen and oxygen atoms in total. The van der Waals surface area contributed by atoms with E-state index in [9.17, 15) is 4.79 Å². The van der Waals surface area contributed by atoms with Crippen molar-refractivity contribution in [3.8, 4) is 0 Å². The Balaban J connectivity index is 0.00000220. The third-order valence-corrected chi connectivity index (χ3v) is 4.71. The summed E-state index contributed by atoms with van der Waals surface area (Å²) in [4.78, 5) is 14.9. The Morgan fingerprint density at radius 1 is 1.52 bits per heavy atom. The van der Waals surface area contributed by atoms with Gasteiger partial charge in [0.05, 0.1) is 10.6 Å². The SMILES string of the molecule is Cc1nnsc1CN1C[C@H](NC(=O)CO)[C@@H](C(C)C)C1.Cl. The first-order chi connectivity index (χ1) is 9.51. The van der Waals surface area contributed by atoms with Crippen LogP contribution >= 0.6 is 23.9 Å². The van der Waals surface area contributed by atoms with Crippen LogP contribution in [0.3, 0.4) is 0 Å². The van der Waals surface area contributed by atoms with Gasteiger partial charge in [0, 0.05) is 25.7 Å². The Kier molecular flexibility index (Phi) is 6.99. The second-order valence-corrected chi connectivity index (χ2v) is 6.55. The Bertz CT molecular complexity index is 469. The van der Waals surface area contributed by atoms with Crippen molar-refractivity contribution in [3.05, 3.63) is 10.6 Å². The van der Waals surface area contributed by atoms with Crippen molar-refractivity contribution < 1.29 is 9.90 Å². The summed E-state index contributed by atoms with van der Waals surface area (Å²) in [5.74, 6) is 0.606. The fourth-order valence-electron chi connectivity index (χ4n) is 2.72. The van der Waals surface area contributed by atoms with Gasteiger partial charge < -0.3 is 10.4 Å². The van der Waals surface area contributed by atoms with Gasteiger partial charge in [-0.2, -0.15) is 0 Å². The molecule has 8 heteroatoms. The molecule has 1 aliphatic rings. The molecule has 2 heterocycles. The van der Waals surface area contributed by atoms with Crippen molar-refractivity contribution >= 4 is 29.8 Å². The van der Waals surface area contributed by atoms with Gasteiger partial charge in [-0.1, -0.05) is 18.3 Å². The van der Waals surface area contributed by atoms with E-state index in [4.69, 9.17) is 5.11 Å². The number of carbonyl (C=O) groups excluding carboxylic acids is 1. The van der Waals surface area contributed by atoms with Gasteiger partial charge in [-0.15, -0.1) is 17.5 Å². The summed E-state index contributed by atoms with van der Waals surface area (Å²) in [6.45, 7) is 8.46. The van der Waals surface area contributed by atoms with Gasteiger partial charge in [0.15, 0.2) is 0 Å². The zero-order chi connectivity index (χ0) is 14.7. The van der Waals surface area contributed by atoms with E-state index in [-0.39, 0.29) is 24.4 Å². The molecule has 0 aliphatic carbocycles. The van der Waals surface area contributed by atoms with Crippen molar-refractivity contribution in [2.24, 2.45) is 11.8 Å². The zero-order valence-electron chi connectivity index (χ0n) is 12.6. The number of aliphatic hydroxyl groups is 1. The number of carbonyl (C=O) groups is 1. The topological polar surface area (TPSA) is 78.4 Å². The normalized spacial score (nSPS) is 22.3. The van der Waals surface area contributed by atoms with E-state index in [0.717, 1.165) is 25.3 Å². The molecule has 0 unspecified atom stereocenters. The minimum atomic E-state index is -0.445. The molecule has 1 fully saturated rings. The van der Waals surface area contributed by atoms with Gasteiger partial charge in [0.2, 0.25) is 5.91 Å². The lowest BCUT2D eigenvalue weighted by molar-refractivity contribution is -0.124. The molecule has 21 heavy (non-hydrogen) atoms. The number of aliphatic hydroxyl groups excluding tert-OH is 1. The van der Waals surface area contributed by atoms with Crippen LogP contribution in [-0.4, -0.2) is 51.2 Å². The van der Waals surface area contributed by atoms with Crippen LogP contribution in [0.2, 0.25) is 0 Å². The molecular weight excluding hydrogens is 312 g/mol. The number of amides is 1. The van der Waals surface area contributed by atoms with E-state index in [1.54, 1.807) is 0 Å². The number of likely N-dealkylation sites (tertiary alicyclic amines) is 1. The first kappa shape index (κ1) is 18.3. The number of nitrogens with zero attached hydrogens (tertiary/aromatic N) is 3. The third kappa shape index (κ3) is 4.60. The highest BCUT2D eigenvalue weighted by Crippen LogP contribution is 2.26. The summed E-state index contributed by atoms with van der Waals surface area (Å²) in [5.41, 5.74) is 0.985.